The molecule has 1 saturated carbocycles. The molecule has 0 radical (unpaired) electrons. The van der Waals surface area contributed by atoms with Crippen LogP contribution < -0.4 is 5.73 Å². The molecule has 12 heteroatoms. The van der Waals surface area contributed by atoms with Gasteiger partial charge in [0, 0.05) is 20.6 Å². The summed E-state index contributed by atoms with van der Waals surface area (Å²) in [6.45, 7) is -1.42. The fraction of sp³-hybridized carbons (Fsp3) is 0.643. The van der Waals surface area contributed by atoms with E-state index in [0.29, 0.717) is 24.0 Å². The summed E-state index contributed by atoms with van der Waals surface area (Å²) < 4.78 is 24.7. The van der Waals surface area contributed by atoms with Crippen molar-refractivity contribution in [3.8, 4) is 0 Å². The van der Waals surface area contributed by atoms with Crippen LogP contribution in [0, 0.1) is 0 Å². The zero-order valence-corrected chi connectivity index (χ0v) is 16.2. The molecular weight excluding hydrogens is 381 g/mol. The highest BCUT2D eigenvalue weighted by atomic mass is 32.5. The van der Waals surface area contributed by atoms with Crippen molar-refractivity contribution >= 4 is 35.5 Å². The highest BCUT2D eigenvalue weighted by Gasteiger charge is 2.81. The standard InChI is InChI=1S/C14H20N5O5PS/c1-4-13-5-14(13,24-25(20,26)22-3)9(21-2)12(23-13)19-7-18-8-10(15)16-6-17-11(8)19/h6-7,9,12H,4-5H2,1-3H3,(H,20,26)(H2,15,16,17)/t9?,12-,13+,14?,25?/m1/s1. The summed E-state index contributed by atoms with van der Waals surface area (Å²) in [6.07, 6.45) is 3.05. The smallest absolute Gasteiger partial charge is 0.324 e. The second-order valence-corrected chi connectivity index (χ2v) is 9.27. The quantitative estimate of drug-likeness (QED) is 0.680. The molecule has 2 aromatic heterocycles. The second-order valence-electron chi connectivity index (χ2n) is 6.40. The van der Waals surface area contributed by atoms with Gasteiger partial charge in [-0.1, -0.05) is 6.92 Å². The number of imidazole rings is 1. The lowest BCUT2D eigenvalue weighted by Gasteiger charge is -2.28. The van der Waals surface area contributed by atoms with Crippen LogP contribution in [-0.4, -0.2) is 55.9 Å². The van der Waals surface area contributed by atoms with E-state index in [1.165, 1.54) is 13.4 Å². The monoisotopic (exact) mass is 401 g/mol. The number of ether oxygens (including phenoxy) is 2. The first kappa shape index (κ1) is 18.2. The van der Waals surface area contributed by atoms with Crippen molar-refractivity contribution in [2.24, 2.45) is 0 Å². The Bertz CT molecular complexity index is 911. The molecule has 26 heavy (non-hydrogen) atoms. The molecule has 0 amide bonds. The Morgan fingerprint density at radius 2 is 2.23 bits per heavy atom. The molecule has 10 nitrogen and oxygen atoms in total. The number of rotatable bonds is 6. The molecule has 142 valence electrons. The molecule has 2 fully saturated rings. The van der Waals surface area contributed by atoms with Crippen molar-refractivity contribution in [3.63, 3.8) is 0 Å². The zero-order chi connectivity index (χ0) is 18.7. The zero-order valence-electron chi connectivity index (χ0n) is 14.5. The van der Waals surface area contributed by atoms with Crippen molar-refractivity contribution in [2.45, 2.75) is 43.3 Å². The summed E-state index contributed by atoms with van der Waals surface area (Å²) in [5.74, 6) is 0.285. The number of nitrogens with two attached hydrogens (primary N) is 1. The molecule has 0 bridgehead atoms. The number of anilines is 1. The number of aromatic nitrogens is 4. The highest BCUT2D eigenvalue weighted by molar-refractivity contribution is 8.07. The van der Waals surface area contributed by atoms with Crippen LogP contribution in [0.2, 0.25) is 0 Å². The number of nitrogens with zero attached hydrogens (tertiary/aromatic N) is 4. The lowest BCUT2D eigenvalue weighted by Crippen LogP contribution is -2.37. The summed E-state index contributed by atoms with van der Waals surface area (Å²) in [6, 6.07) is 0. The first-order valence-corrected chi connectivity index (χ1v) is 10.6. The van der Waals surface area contributed by atoms with E-state index in [2.05, 4.69) is 15.0 Å². The van der Waals surface area contributed by atoms with E-state index >= 15 is 0 Å². The topological polar surface area (TPSA) is 127 Å². The normalized spacial score (nSPS) is 35.4. The van der Waals surface area contributed by atoms with Gasteiger partial charge in [0.05, 0.1) is 6.33 Å². The Balaban J connectivity index is 1.77. The fourth-order valence-electron chi connectivity index (χ4n) is 3.89. The first-order valence-electron chi connectivity index (χ1n) is 8.06. The number of methoxy groups -OCH3 is 1. The van der Waals surface area contributed by atoms with E-state index in [4.69, 9.17) is 36.1 Å². The van der Waals surface area contributed by atoms with Gasteiger partial charge in [-0.3, -0.25) is 9.09 Å². The average molecular weight is 401 g/mol. The maximum absolute atomic E-state index is 10.2. The molecule has 0 spiro atoms. The van der Waals surface area contributed by atoms with E-state index in [9.17, 15) is 4.89 Å². The van der Waals surface area contributed by atoms with Gasteiger partial charge < -0.3 is 24.6 Å². The molecule has 3 N–H and O–H groups in total. The molecule has 2 aromatic rings. The van der Waals surface area contributed by atoms with Gasteiger partial charge in [-0.25, -0.2) is 15.0 Å². The van der Waals surface area contributed by atoms with Crippen LogP contribution in [0.25, 0.3) is 11.2 Å². The molecule has 3 unspecified atom stereocenters. The van der Waals surface area contributed by atoms with Gasteiger partial charge in [-0.2, -0.15) is 0 Å². The summed E-state index contributed by atoms with van der Waals surface area (Å²) in [7, 11) is 2.89. The Hall–Kier alpha value is -1.20. The first-order chi connectivity index (χ1) is 12.3. The van der Waals surface area contributed by atoms with Crippen LogP contribution in [0.4, 0.5) is 5.82 Å². The second kappa shape index (κ2) is 5.90. The summed E-state index contributed by atoms with van der Waals surface area (Å²) in [5.41, 5.74) is 5.36. The predicted molar refractivity (Wildman–Crippen MR) is 95.6 cm³/mol. The Morgan fingerprint density at radius 1 is 1.46 bits per heavy atom. The Labute approximate surface area is 154 Å². The lowest BCUT2D eigenvalue weighted by molar-refractivity contribution is -0.0929. The minimum Gasteiger partial charge on any atom is -0.382 e. The predicted octanol–water partition coefficient (Wildman–Crippen LogP) is 1.12. The van der Waals surface area contributed by atoms with Crippen LogP contribution in [0.15, 0.2) is 12.7 Å². The highest BCUT2D eigenvalue weighted by Crippen LogP contribution is 2.71. The molecule has 4 rings (SSSR count). The van der Waals surface area contributed by atoms with E-state index < -0.39 is 30.3 Å². The minimum absolute atomic E-state index is 0.285. The van der Waals surface area contributed by atoms with Gasteiger partial charge in [0.1, 0.15) is 29.2 Å². The summed E-state index contributed by atoms with van der Waals surface area (Å²) >= 11 is 5.07. The average Bonchev–Trinajstić information content (AvgIpc) is 2.93. The van der Waals surface area contributed by atoms with Crippen molar-refractivity contribution in [3.05, 3.63) is 12.7 Å². The number of fused-ring (bicyclic) bond motifs is 2. The van der Waals surface area contributed by atoms with Gasteiger partial charge in [-0.05, 0) is 18.2 Å². The van der Waals surface area contributed by atoms with Gasteiger partial charge in [0.25, 0.3) is 0 Å². The Kier molecular flexibility index (Phi) is 4.12. The van der Waals surface area contributed by atoms with Gasteiger partial charge in [0.15, 0.2) is 17.7 Å². The van der Waals surface area contributed by atoms with Crippen molar-refractivity contribution in [1.82, 2.24) is 19.5 Å². The van der Waals surface area contributed by atoms with Crippen LogP contribution in [0.3, 0.4) is 0 Å². The molecular formula is C14H20N5O5PS. The molecule has 5 atom stereocenters. The Morgan fingerprint density at radius 3 is 2.88 bits per heavy atom. The number of hydrogen-bond donors (Lipinski definition) is 2. The van der Waals surface area contributed by atoms with Crippen molar-refractivity contribution in [1.29, 1.82) is 0 Å². The summed E-state index contributed by atoms with van der Waals surface area (Å²) in [5, 5.41) is 0. The van der Waals surface area contributed by atoms with Crippen molar-refractivity contribution < 1.29 is 23.4 Å². The van der Waals surface area contributed by atoms with Crippen LogP contribution in [0.1, 0.15) is 26.0 Å². The largest absolute Gasteiger partial charge is 0.382 e. The van der Waals surface area contributed by atoms with E-state index in [-0.39, 0.29) is 5.82 Å². The van der Waals surface area contributed by atoms with Crippen LogP contribution in [0.5, 0.6) is 0 Å². The third-order valence-electron chi connectivity index (χ3n) is 5.25. The molecule has 2 aliphatic rings. The SMILES string of the molecule is CC[C@]12CC1(OP(O)(=S)OC)C(OC)[C@H](n1cnc3c(N)ncnc31)O2. The third kappa shape index (κ3) is 2.36. The van der Waals surface area contributed by atoms with E-state index in [1.807, 2.05) is 6.92 Å². The molecule has 0 aromatic carbocycles. The van der Waals surface area contributed by atoms with E-state index in [0.717, 1.165) is 0 Å². The molecule has 3 heterocycles. The van der Waals surface area contributed by atoms with Crippen LogP contribution >= 0.6 is 6.72 Å². The van der Waals surface area contributed by atoms with Gasteiger partial charge >= 0.3 is 6.72 Å². The van der Waals surface area contributed by atoms with Crippen LogP contribution in [-0.2, 0) is 30.3 Å². The summed E-state index contributed by atoms with van der Waals surface area (Å²) in [4.78, 5) is 22.7. The number of hydrogen-bond acceptors (Lipinski definition) is 9. The van der Waals surface area contributed by atoms with Crippen molar-refractivity contribution in [2.75, 3.05) is 20.0 Å². The molecule has 1 saturated heterocycles. The minimum atomic E-state index is -3.41. The maximum Gasteiger partial charge on any atom is 0.324 e. The third-order valence-corrected chi connectivity index (χ3v) is 6.94. The molecule has 1 aliphatic heterocycles. The van der Waals surface area contributed by atoms with Gasteiger partial charge in [-0.15, -0.1) is 0 Å². The lowest BCUT2D eigenvalue weighted by atomic mass is 10.1. The molecule has 1 aliphatic carbocycles. The number of nitrogen functional groups attached to an aromatic ring is 1. The van der Waals surface area contributed by atoms with Gasteiger partial charge in [0.2, 0.25) is 0 Å². The maximum atomic E-state index is 10.2. The van der Waals surface area contributed by atoms with E-state index in [1.54, 1.807) is 18.0 Å². The fourth-order valence-corrected chi connectivity index (χ4v) is 5.11.